The molecule has 2 rings (SSSR count). The Labute approximate surface area is 111 Å². The van der Waals surface area contributed by atoms with Crippen molar-refractivity contribution in [3.63, 3.8) is 0 Å². The monoisotopic (exact) mass is 256 g/mol. The van der Waals surface area contributed by atoms with E-state index in [4.69, 9.17) is 4.74 Å². The van der Waals surface area contributed by atoms with Crippen molar-refractivity contribution in [2.24, 2.45) is 0 Å². The lowest BCUT2D eigenvalue weighted by molar-refractivity contribution is -0.384. The molecule has 19 heavy (non-hydrogen) atoms. The second-order valence-electron chi connectivity index (χ2n) is 4.18. The molecule has 0 N–H and O–H groups in total. The van der Waals surface area contributed by atoms with E-state index in [0.717, 1.165) is 5.56 Å². The highest BCUT2D eigenvalue weighted by Gasteiger charge is 2.08. The molecule has 97 valence electrons. The van der Waals surface area contributed by atoms with Crippen molar-refractivity contribution in [1.29, 1.82) is 0 Å². The molecule has 4 heteroatoms. The molecular formula is C15H14NO3. The lowest BCUT2D eigenvalue weighted by atomic mass is 10.1. The van der Waals surface area contributed by atoms with Crippen molar-refractivity contribution in [1.82, 2.24) is 0 Å². The first-order valence-electron chi connectivity index (χ1n) is 5.93. The van der Waals surface area contributed by atoms with Crippen LogP contribution in [0.25, 0.3) is 0 Å². The van der Waals surface area contributed by atoms with Crippen molar-refractivity contribution in [3.05, 3.63) is 77.2 Å². The van der Waals surface area contributed by atoms with E-state index in [1.54, 1.807) is 12.1 Å². The van der Waals surface area contributed by atoms with Gasteiger partial charge in [-0.2, -0.15) is 0 Å². The van der Waals surface area contributed by atoms with Crippen LogP contribution in [0.5, 0.6) is 5.75 Å². The van der Waals surface area contributed by atoms with Gasteiger partial charge in [-0.3, -0.25) is 10.1 Å². The molecule has 0 aliphatic heterocycles. The van der Waals surface area contributed by atoms with Crippen molar-refractivity contribution in [3.8, 4) is 5.75 Å². The summed E-state index contributed by atoms with van der Waals surface area (Å²) >= 11 is 0. The average Bonchev–Trinajstić information content (AvgIpc) is 2.40. The van der Waals surface area contributed by atoms with Gasteiger partial charge in [-0.1, -0.05) is 30.3 Å². The highest BCUT2D eigenvalue weighted by atomic mass is 16.6. The molecule has 0 saturated heterocycles. The van der Waals surface area contributed by atoms with E-state index in [9.17, 15) is 10.1 Å². The van der Waals surface area contributed by atoms with Gasteiger partial charge in [-0.25, -0.2) is 0 Å². The second kappa shape index (κ2) is 6.00. The number of ether oxygens (including phenoxy) is 1. The number of hydrogen-bond donors (Lipinski definition) is 0. The topological polar surface area (TPSA) is 52.4 Å². The number of benzene rings is 2. The maximum Gasteiger partial charge on any atom is 0.269 e. The Balaban J connectivity index is 1.95. The lowest BCUT2D eigenvalue weighted by Gasteiger charge is -2.14. The summed E-state index contributed by atoms with van der Waals surface area (Å²) in [5.74, 6) is 0.585. The maximum atomic E-state index is 10.5. The first-order chi connectivity index (χ1) is 9.15. The maximum absolute atomic E-state index is 10.5. The molecule has 0 heterocycles. The van der Waals surface area contributed by atoms with Gasteiger partial charge in [0.1, 0.15) is 11.9 Å². The van der Waals surface area contributed by atoms with E-state index in [1.807, 2.05) is 30.3 Å². The Hall–Kier alpha value is -2.36. The van der Waals surface area contributed by atoms with Gasteiger partial charge in [0.25, 0.3) is 5.69 Å². The van der Waals surface area contributed by atoms with Gasteiger partial charge in [-0.05, 0) is 24.6 Å². The van der Waals surface area contributed by atoms with Crippen molar-refractivity contribution >= 4 is 5.69 Å². The quantitative estimate of drug-likeness (QED) is 0.608. The van der Waals surface area contributed by atoms with E-state index >= 15 is 0 Å². The molecule has 0 saturated carbocycles. The largest absolute Gasteiger partial charge is 0.490 e. The summed E-state index contributed by atoms with van der Waals surface area (Å²) in [6.07, 6.45) is 0.460. The summed E-state index contributed by atoms with van der Waals surface area (Å²) in [6.45, 7) is 3.93. The van der Waals surface area contributed by atoms with E-state index in [-0.39, 0.29) is 11.8 Å². The minimum Gasteiger partial charge on any atom is -0.490 e. The SMILES string of the molecule is [CH2]C(Cc1ccccc1)Oc1ccc([N+](=O)[O-])cc1. The first kappa shape index (κ1) is 13.1. The minimum absolute atomic E-state index is 0.0519. The van der Waals surface area contributed by atoms with Gasteiger partial charge < -0.3 is 4.74 Å². The van der Waals surface area contributed by atoms with Crippen molar-refractivity contribution in [2.75, 3.05) is 0 Å². The normalized spacial score (nSPS) is 11.8. The summed E-state index contributed by atoms with van der Waals surface area (Å²) < 4.78 is 5.62. The molecule has 0 bridgehead atoms. The number of hydrogen-bond acceptors (Lipinski definition) is 3. The Morgan fingerprint density at radius 2 is 1.74 bits per heavy atom. The van der Waals surface area contributed by atoms with Gasteiger partial charge in [0.05, 0.1) is 4.92 Å². The number of non-ortho nitro benzene ring substituents is 1. The Bertz CT molecular complexity index is 537. The molecule has 2 aromatic carbocycles. The highest BCUT2D eigenvalue weighted by Crippen LogP contribution is 2.19. The summed E-state index contributed by atoms with van der Waals surface area (Å²) in [4.78, 5) is 10.1. The van der Waals surface area contributed by atoms with Crippen LogP contribution in [0.2, 0.25) is 0 Å². The summed E-state index contributed by atoms with van der Waals surface area (Å²) in [5, 5.41) is 10.5. The van der Waals surface area contributed by atoms with Crippen LogP contribution >= 0.6 is 0 Å². The number of nitrogens with zero attached hydrogens (tertiary/aromatic N) is 1. The molecule has 0 aliphatic carbocycles. The summed E-state index contributed by atoms with van der Waals surface area (Å²) in [6, 6.07) is 15.9. The number of nitro benzene ring substituents is 1. The van der Waals surface area contributed by atoms with Crippen LogP contribution in [0.4, 0.5) is 5.69 Å². The zero-order valence-electron chi connectivity index (χ0n) is 10.4. The zero-order valence-corrected chi connectivity index (χ0v) is 10.4. The van der Waals surface area contributed by atoms with E-state index in [2.05, 4.69) is 6.92 Å². The van der Waals surface area contributed by atoms with Gasteiger partial charge >= 0.3 is 0 Å². The van der Waals surface area contributed by atoms with Gasteiger partial charge in [0, 0.05) is 18.6 Å². The van der Waals surface area contributed by atoms with Crippen LogP contribution in [0, 0.1) is 17.0 Å². The number of nitro groups is 1. The predicted molar refractivity (Wildman–Crippen MR) is 73.0 cm³/mol. The van der Waals surface area contributed by atoms with Gasteiger partial charge in [0.2, 0.25) is 0 Å². The molecule has 0 aromatic heterocycles. The average molecular weight is 256 g/mol. The minimum atomic E-state index is -0.435. The van der Waals surface area contributed by atoms with E-state index in [0.29, 0.717) is 12.2 Å². The molecule has 1 radical (unpaired) electrons. The summed E-state index contributed by atoms with van der Waals surface area (Å²) in [5.41, 5.74) is 1.19. The second-order valence-corrected chi connectivity index (χ2v) is 4.18. The Morgan fingerprint density at radius 3 is 2.32 bits per heavy atom. The van der Waals surface area contributed by atoms with Crippen molar-refractivity contribution in [2.45, 2.75) is 12.5 Å². The molecule has 0 spiro atoms. The molecule has 2 aromatic rings. The predicted octanol–water partition coefficient (Wildman–Crippen LogP) is 3.42. The van der Waals surface area contributed by atoms with Crippen LogP contribution in [0.15, 0.2) is 54.6 Å². The van der Waals surface area contributed by atoms with Crippen LogP contribution < -0.4 is 4.74 Å². The fourth-order valence-corrected chi connectivity index (χ4v) is 1.76. The Kier molecular flexibility index (Phi) is 4.13. The first-order valence-corrected chi connectivity index (χ1v) is 5.93. The van der Waals surface area contributed by atoms with E-state index in [1.165, 1.54) is 12.1 Å². The third-order valence-corrected chi connectivity index (χ3v) is 2.66. The molecular weight excluding hydrogens is 242 g/mol. The van der Waals surface area contributed by atoms with Gasteiger partial charge in [-0.15, -0.1) is 0 Å². The fraction of sp³-hybridized carbons (Fsp3) is 0.133. The third-order valence-electron chi connectivity index (χ3n) is 2.66. The third kappa shape index (κ3) is 3.81. The molecule has 4 nitrogen and oxygen atoms in total. The Morgan fingerprint density at radius 1 is 1.11 bits per heavy atom. The van der Waals surface area contributed by atoms with Crippen LogP contribution in [-0.2, 0) is 6.42 Å². The van der Waals surface area contributed by atoms with E-state index < -0.39 is 4.92 Å². The van der Waals surface area contributed by atoms with Gasteiger partial charge in [0.15, 0.2) is 0 Å². The molecule has 0 amide bonds. The fourth-order valence-electron chi connectivity index (χ4n) is 1.76. The highest BCUT2D eigenvalue weighted by molar-refractivity contribution is 5.36. The number of rotatable bonds is 5. The molecule has 1 unspecified atom stereocenters. The zero-order chi connectivity index (χ0) is 13.7. The van der Waals surface area contributed by atoms with Crippen LogP contribution in [-0.4, -0.2) is 11.0 Å². The smallest absolute Gasteiger partial charge is 0.269 e. The van der Waals surface area contributed by atoms with Crippen LogP contribution in [0.1, 0.15) is 5.56 Å². The van der Waals surface area contributed by atoms with Crippen LogP contribution in [0.3, 0.4) is 0 Å². The lowest BCUT2D eigenvalue weighted by Crippen LogP contribution is -2.15. The molecule has 0 fully saturated rings. The van der Waals surface area contributed by atoms with Crippen molar-refractivity contribution < 1.29 is 9.66 Å². The summed E-state index contributed by atoms with van der Waals surface area (Å²) in [7, 11) is 0. The standard InChI is InChI=1S/C15H14NO3/c1-12(11-13-5-3-2-4-6-13)19-15-9-7-14(8-10-15)16(17)18/h2-10,12H,1,11H2. The molecule has 0 aliphatic rings. The molecule has 1 atom stereocenters.